The van der Waals surface area contributed by atoms with E-state index in [2.05, 4.69) is 27.4 Å². The molecule has 1 atom stereocenters. The van der Waals surface area contributed by atoms with E-state index in [1.807, 2.05) is 18.2 Å². The van der Waals surface area contributed by atoms with Gasteiger partial charge in [0.1, 0.15) is 6.10 Å². The van der Waals surface area contributed by atoms with Crippen LogP contribution in [-0.4, -0.2) is 46.6 Å². The van der Waals surface area contributed by atoms with E-state index in [0.717, 1.165) is 12.8 Å². The third-order valence-corrected chi connectivity index (χ3v) is 3.79. The Kier molecular flexibility index (Phi) is 5.03. The number of nitrogens with one attached hydrogen (secondary N) is 1. The number of amides is 2. The summed E-state index contributed by atoms with van der Waals surface area (Å²) in [5.74, 6) is 0.504. The summed E-state index contributed by atoms with van der Waals surface area (Å²) in [5, 5.41) is 2.96. The van der Waals surface area contributed by atoms with Gasteiger partial charge in [0, 0.05) is 31.9 Å². The first-order valence-corrected chi connectivity index (χ1v) is 7.80. The molecule has 0 bridgehead atoms. The quantitative estimate of drug-likeness (QED) is 0.915. The van der Waals surface area contributed by atoms with Crippen LogP contribution in [0.5, 0.6) is 5.88 Å². The van der Waals surface area contributed by atoms with Crippen molar-refractivity contribution < 1.29 is 9.53 Å². The molecule has 0 spiro atoms. The van der Waals surface area contributed by atoms with E-state index in [-0.39, 0.29) is 12.1 Å². The molecule has 120 valence electrons. The molecule has 1 aromatic heterocycles. The molecule has 1 unspecified atom stereocenters. The molecule has 2 aromatic rings. The average molecular weight is 312 g/mol. The molecule has 1 N–H and O–H groups in total. The van der Waals surface area contributed by atoms with E-state index in [4.69, 9.17) is 4.74 Å². The predicted octanol–water partition coefficient (Wildman–Crippen LogP) is 1.88. The van der Waals surface area contributed by atoms with Crippen molar-refractivity contribution in [2.75, 3.05) is 19.6 Å². The van der Waals surface area contributed by atoms with Gasteiger partial charge in [-0.1, -0.05) is 30.3 Å². The number of carbonyl (C=O) groups excluding carboxylic acids is 1. The van der Waals surface area contributed by atoms with Crippen LogP contribution in [0.3, 0.4) is 0 Å². The number of hydrogen-bond donors (Lipinski definition) is 1. The summed E-state index contributed by atoms with van der Waals surface area (Å²) in [4.78, 5) is 22.0. The van der Waals surface area contributed by atoms with Crippen LogP contribution in [0, 0.1) is 0 Å². The normalized spacial score (nSPS) is 17.0. The highest BCUT2D eigenvalue weighted by molar-refractivity contribution is 5.74. The molecule has 3 rings (SSSR count). The number of aromatic nitrogens is 2. The van der Waals surface area contributed by atoms with Gasteiger partial charge in [0.05, 0.1) is 12.7 Å². The van der Waals surface area contributed by atoms with Gasteiger partial charge in [-0.3, -0.25) is 4.98 Å². The van der Waals surface area contributed by atoms with Crippen molar-refractivity contribution in [1.29, 1.82) is 0 Å². The van der Waals surface area contributed by atoms with Gasteiger partial charge < -0.3 is 15.0 Å². The average Bonchev–Trinajstić information content (AvgIpc) is 3.05. The van der Waals surface area contributed by atoms with Gasteiger partial charge in [0.25, 0.3) is 0 Å². The van der Waals surface area contributed by atoms with Gasteiger partial charge in [0.15, 0.2) is 0 Å². The molecule has 2 heterocycles. The van der Waals surface area contributed by atoms with Gasteiger partial charge in [-0.2, -0.15) is 0 Å². The van der Waals surface area contributed by atoms with Crippen LogP contribution in [-0.2, 0) is 6.42 Å². The SMILES string of the molecule is O=C(NCCc1ccccc1)N1CCC(Oc2cnccn2)C1. The number of benzene rings is 1. The van der Waals surface area contributed by atoms with Crippen LogP contribution < -0.4 is 10.1 Å². The minimum atomic E-state index is -0.0359. The molecule has 1 fully saturated rings. The maximum atomic E-state index is 12.2. The van der Waals surface area contributed by atoms with Crippen LogP contribution in [0.4, 0.5) is 4.79 Å². The van der Waals surface area contributed by atoms with E-state index in [0.29, 0.717) is 25.5 Å². The standard InChI is InChI=1S/C17H20N4O2/c22-17(20-8-6-14-4-2-1-3-5-14)21-11-7-15(13-21)23-16-12-18-9-10-19-16/h1-5,9-10,12,15H,6-8,11,13H2,(H,20,22). The fourth-order valence-corrected chi connectivity index (χ4v) is 2.60. The number of rotatable bonds is 5. The molecular formula is C17H20N4O2. The molecule has 1 aromatic carbocycles. The molecule has 23 heavy (non-hydrogen) atoms. The summed E-state index contributed by atoms with van der Waals surface area (Å²) < 4.78 is 5.73. The Balaban J connectivity index is 1.41. The van der Waals surface area contributed by atoms with Crippen molar-refractivity contribution in [3.8, 4) is 5.88 Å². The second-order valence-electron chi connectivity index (χ2n) is 5.49. The molecule has 0 radical (unpaired) electrons. The molecular weight excluding hydrogens is 292 g/mol. The molecule has 2 amide bonds. The van der Waals surface area contributed by atoms with Crippen molar-refractivity contribution in [2.45, 2.75) is 18.9 Å². The first-order valence-electron chi connectivity index (χ1n) is 7.80. The van der Waals surface area contributed by atoms with Crippen LogP contribution in [0.25, 0.3) is 0 Å². The highest BCUT2D eigenvalue weighted by Gasteiger charge is 2.27. The maximum Gasteiger partial charge on any atom is 0.317 e. The lowest BCUT2D eigenvalue weighted by atomic mass is 10.1. The van der Waals surface area contributed by atoms with E-state index >= 15 is 0 Å². The lowest BCUT2D eigenvalue weighted by Crippen LogP contribution is -2.40. The fraction of sp³-hybridized carbons (Fsp3) is 0.353. The topological polar surface area (TPSA) is 67.4 Å². The number of ether oxygens (including phenoxy) is 1. The number of hydrogen-bond acceptors (Lipinski definition) is 4. The highest BCUT2D eigenvalue weighted by atomic mass is 16.5. The number of urea groups is 1. The van der Waals surface area contributed by atoms with Gasteiger partial charge in [-0.25, -0.2) is 9.78 Å². The molecule has 0 saturated carbocycles. The second kappa shape index (κ2) is 7.58. The lowest BCUT2D eigenvalue weighted by Gasteiger charge is -2.17. The van der Waals surface area contributed by atoms with E-state index in [1.54, 1.807) is 23.5 Å². The number of carbonyl (C=O) groups is 1. The Bertz CT molecular complexity index is 621. The summed E-state index contributed by atoms with van der Waals surface area (Å²) >= 11 is 0. The second-order valence-corrected chi connectivity index (χ2v) is 5.49. The Morgan fingerprint density at radius 2 is 2.17 bits per heavy atom. The lowest BCUT2D eigenvalue weighted by molar-refractivity contribution is 0.183. The van der Waals surface area contributed by atoms with Crippen LogP contribution >= 0.6 is 0 Å². The van der Waals surface area contributed by atoms with Gasteiger partial charge in [-0.15, -0.1) is 0 Å². The van der Waals surface area contributed by atoms with Crippen molar-refractivity contribution in [3.05, 3.63) is 54.5 Å². The summed E-state index contributed by atoms with van der Waals surface area (Å²) in [7, 11) is 0. The Morgan fingerprint density at radius 3 is 2.96 bits per heavy atom. The van der Waals surface area contributed by atoms with Crippen molar-refractivity contribution in [2.24, 2.45) is 0 Å². The number of likely N-dealkylation sites (tertiary alicyclic amines) is 1. The third-order valence-electron chi connectivity index (χ3n) is 3.79. The molecule has 1 aliphatic heterocycles. The summed E-state index contributed by atoms with van der Waals surface area (Å²) in [6, 6.07) is 10.1. The zero-order valence-electron chi connectivity index (χ0n) is 12.9. The summed E-state index contributed by atoms with van der Waals surface area (Å²) in [6.07, 6.45) is 6.41. The number of nitrogens with zero attached hydrogens (tertiary/aromatic N) is 3. The first kappa shape index (κ1) is 15.3. The van der Waals surface area contributed by atoms with E-state index in [9.17, 15) is 4.79 Å². The van der Waals surface area contributed by atoms with Crippen LogP contribution in [0.1, 0.15) is 12.0 Å². The summed E-state index contributed by atoms with van der Waals surface area (Å²) in [5.41, 5.74) is 1.22. The minimum absolute atomic E-state index is 0.0217. The largest absolute Gasteiger partial charge is 0.471 e. The predicted molar refractivity (Wildman–Crippen MR) is 86.2 cm³/mol. The molecule has 6 heteroatoms. The highest BCUT2D eigenvalue weighted by Crippen LogP contribution is 2.15. The van der Waals surface area contributed by atoms with E-state index < -0.39 is 0 Å². The maximum absolute atomic E-state index is 12.2. The summed E-state index contributed by atoms with van der Waals surface area (Å²) in [6.45, 7) is 1.91. The first-order chi connectivity index (χ1) is 11.3. The molecule has 1 aliphatic rings. The smallest absolute Gasteiger partial charge is 0.317 e. The third kappa shape index (κ3) is 4.42. The minimum Gasteiger partial charge on any atom is -0.471 e. The van der Waals surface area contributed by atoms with Crippen molar-refractivity contribution >= 4 is 6.03 Å². The van der Waals surface area contributed by atoms with Gasteiger partial charge in [-0.05, 0) is 12.0 Å². The zero-order chi connectivity index (χ0) is 15.9. The molecule has 6 nitrogen and oxygen atoms in total. The van der Waals surface area contributed by atoms with Crippen molar-refractivity contribution in [1.82, 2.24) is 20.2 Å². The Labute approximate surface area is 135 Å². The van der Waals surface area contributed by atoms with Crippen LogP contribution in [0.2, 0.25) is 0 Å². The van der Waals surface area contributed by atoms with E-state index in [1.165, 1.54) is 5.56 Å². The zero-order valence-corrected chi connectivity index (χ0v) is 12.9. The van der Waals surface area contributed by atoms with Gasteiger partial charge in [0.2, 0.25) is 5.88 Å². The monoisotopic (exact) mass is 312 g/mol. The molecule has 0 aliphatic carbocycles. The van der Waals surface area contributed by atoms with Crippen molar-refractivity contribution in [3.63, 3.8) is 0 Å². The fourth-order valence-electron chi connectivity index (χ4n) is 2.60. The van der Waals surface area contributed by atoms with Gasteiger partial charge >= 0.3 is 6.03 Å². The molecule has 1 saturated heterocycles. The Hall–Kier alpha value is -2.63. The Morgan fingerprint density at radius 1 is 1.30 bits per heavy atom. The van der Waals surface area contributed by atoms with Crippen LogP contribution in [0.15, 0.2) is 48.9 Å².